The van der Waals surface area contributed by atoms with E-state index >= 15 is 0 Å². The van der Waals surface area contributed by atoms with Gasteiger partial charge in [0.1, 0.15) is 6.54 Å². The van der Waals surface area contributed by atoms with E-state index in [-0.39, 0.29) is 53.6 Å². The SMILES string of the molecule is CC1CCCN(S(=O)(=O)c2ccc(C(=O)Nc3nnc(CN4C(=O)CCC4=O)o3)cc2)C1. The number of amides is 3. The molecule has 3 heterocycles. The van der Waals surface area contributed by atoms with Crippen LogP contribution in [-0.2, 0) is 26.2 Å². The maximum atomic E-state index is 12.8. The molecule has 1 aromatic heterocycles. The lowest BCUT2D eigenvalue weighted by Gasteiger charge is -2.30. The van der Waals surface area contributed by atoms with E-state index in [1.54, 1.807) is 0 Å². The Hall–Kier alpha value is -3.12. The van der Waals surface area contributed by atoms with Crippen LogP contribution in [0.4, 0.5) is 6.01 Å². The van der Waals surface area contributed by atoms with Crippen LogP contribution in [0.1, 0.15) is 48.9 Å². The number of hydrogen-bond acceptors (Lipinski definition) is 8. The largest absolute Gasteiger partial charge is 0.406 e. The first-order valence-corrected chi connectivity index (χ1v) is 11.7. The number of anilines is 1. The number of rotatable bonds is 6. The highest BCUT2D eigenvalue weighted by atomic mass is 32.2. The molecule has 1 unspecified atom stereocenters. The summed E-state index contributed by atoms with van der Waals surface area (Å²) in [7, 11) is -3.61. The van der Waals surface area contributed by atoms with Gasteiger partial charge in [-0.3, -0.25) is 24.6 Å². The molecule has 12 heteroatoms. The van der Waals surface area contributed by atoms with Crippen molar-refractivity contribution in [3.63, 3.8) is 0 Å². The number of carbonyl (C=O) groups excluding carboxylic acids is 3. The summed E-state index contributed by atoms with van der Waals surface area (Å²) in [6.45, 7) is 2.85. The molecule has 1 aromatic carbocycles. The van der Waals surface area contributed by atoms with Crippen molar-refractivity contribution in [2.24, 2.45) is 5.92 Å². The zero-order chi connectivity index (χ0) is 22.9. The third kappa shape index (κ3) is 4.55. The van der Waals surface area contributed by atoms with E-state index in [2.05, 4.69) is 15.5 Å². The number of benzene rings is 1. The standard InChI is InChI=1S/C20H23N5O6S/c1-13-3-2-10-24(11-13)32(29,30)15-6-4-14(5-7-15)19(28)21-20-23-22-16(31-20)12-25-17(26)8-9-18(25)27/h4-7,13H,2-3,8-12H2,1H3,(H,21,23,28). The lowest BCUT2D eigenvalue weighted by atomic mass is 10.0. The van der Waals surface area contributed by atoms with Crippen LogP contribution < -0.4 is 5.32 Å². The second-order valence-corrected chi connectivity index (χ2v) is 9.90. The Kier molecular flexibility index (Phi) is 6.07. The molecular weight excluding hydrogens is 438 g/mol. The van der Waals surface area contributed by atoms with Crippen LogP contribution in [0, 0.1) is 5.92 Å². The Labute approximate surface area is 184 Å². The van der Waals surface area contributed by atoms with Crippen molar-refractivity contribution < 1.29 is 27.2 Å². The number of likely N-dealkylation sites (tertiary alicyclic amines) is 1. The van der Waals surface area contributed by atoms with E-state index in [1.807, 2.05) is 6.92 Å². The normalized spacial score (nSPS) is 20.0. The van der Waals surface area contributed by atoms with Gasteiger partial charge in [0.05, 0.1) is 4.90 Å². The molecule has 11 nitrogen and oxygen atoms in total. The van der Waals surface area contributed by atoms with Gasteiger partial charge in [0.25, 0.3) is 5.91 Å². The summed E-state index contributed by atoms with van der Waals surface area (Å²) in [6.07, 6.45) is 2.14. The molecule has 0 saturated carbocycles. The Morgan fingerprint density at radius 1 is 1.16 bits per heavy atom. The average Bonchev–Trinajstić information content (AvgIpc) is 3.35. The maximum absolute atomic E-state index is 12.8. The van der Waals surface area contributed by atoms with Crippen LogP contribution in [0.15, 0.2) is 33.6 Å². The van der Waals surface area contributed by atoms with Crippen molar-refractivity contribution in [2.45, 2.75) is 44.0 Å². The lowest BCUT2D eigenvalue weighted by Crippen LogP contribution is -2.39. The van der Waals surface area contributed by atoms with Gasteiger partial charge in [-0.25, -0.2) is 8.42 Å². The Bertz CT molecular complexity index is 1130. The third-order valence-corrected chi connectivity index (χ3v) is 7.39. The third-order valence-electron chi connectivity index (χ3n) is 5.51. The van der Waals surface area contributed by atoms with Crippen molar-refractivity contribution in [3.8, 4) is 0 Å². The van der Waals surface area contributed by atoms with Gasteiger partial charge >= 0.3 is 6.01 Å². The number of imide groups is 1. The Balaban J connectivity index is 1.40. The fourth-order valence-electron chi connectivity index (χ4n) is 3.76. The first-order valence-electron chi connectivity index (χ1n) is 10.3. The van der Waals surface area contributed by atoms with Crippen molar-refractivity contribution in [1.29, 1.82) is 0 Å². The molecule has 0 aliphatic carbocycles. The molecule has 3 amide bonds. The highest BCUT2D eigenvalue weighted by Crippen LogP contribution is 2.24. The van der Waals surface area contributed by atoms with Crippen molar-refractivity contribution in [3.05, 3.63) is 35.7 Å². The molecular formula is C20H23N5O6S. The molecule has 2 saturated heterocycles. The number of carbonyl (C=O) groups is 3. The number of nitrogens with zero attached hydrogens (tertiary/aromatic N) is 4. The van der Waals surface area contributed by atoms with Crippen molar-refractivity contribution >= 4 is 33.8 Å². The number of nitrogens with one attached hydrogen (secondary N) is 1. The van der Waals surface area contributed by atoms with Gasteiger partial charge in [0.15, 0.2) is 0 Å². The van der Waals surface area contributed by atoms with Gasteiger partial charge < -0.3 is 4.42 Å². The summed E-state index contributed by atoms with van der Waals surface area (Å²) in [5, 5.41) is 9.86. The lowest BCUT2D eigenvalue weighted by molar-refractivity contribution is -0.139. The Morgan fingerprint density at radius 2 is 1.84 bits per heavy atom. The van der Waals surface area contributed by atoms with Gasteiger partial charge in [0.2, 0.25) is 27.7 Å². The number of aromatic nitrogens is 2. The van der Waals surface area contributed by atoms with E-state index in [9.17, 15) is 22.8 Å². The fraction of sp³-hybridized carbons (Fsp3) is 0.450. The van der Waals surface area contributed by atoms with E-state index in [4.69, 9.17) is 4.42 Å². The summed E-state index contributed by atoms with van der Waals surface area (Å²) in [4.78, 5) is 37.0. The van der Waals surface area contributed by atoms with Crippen LogP contribution >= 0.6 is 0 Å². The molecule has 0 radical (unpaired) electrons. The van der Waals surface area contributed by atoms with Crippen molar-refractivity contribution in [1.82, 2.24) is 19.4 Å². The van der Waals surface area contributed by atoms with Crippen LogP contribution in [0.25, 0.3) is 0 Å². The summed E-state index contributed by atoms with van der Waals surface area (Å²) in [6, 6.07) is 5.42. The highest BCUT2D eigenvalue weighted by molar-refractivity contribution is 7.89. The predicted octanol–water partition coefficient (Wildman–Crippen LogP) is 1.39. The second kappa shape index (κ2) is 8.79. The molecule has 0 bridgehead atoms. The molecule has 1 atom stereocenters. The predicted molar refractivity (Wildman–Crippen MR) is 111 cm³/mol. The van der Waals surface area contributed by atoms with E-state index in [1.165, 1.54) is 28.6 Å². The maximum Gasteiger partial charge on any atom is 0.322 e. The molecule has 2 aromatic rings. The van der Waals surface area contributed by atoms with Crippen LogP contribution in [0.3, 0.4) is 0 Å². The summed E-state index contributed by atoms with van der Waals surface area (Å²) < 4.78 is 32.4. The zero-order valence-corrected chi connectivity index (χ0v) is 18.3. The molecule has 4 rings (SSSR count). The van der Waals surface area contributed by atoms with Gasteiger partial charge in [0, 0.05) is 31.5 Å². The monoisotopic (exact) mass is 461 g/mol. The number of piperidine rings is 1. The van der Waals surface area contributed by atoms with Crippen molar-refractivity contribution in [2.75, 3.05) is 18.4 Å². The molecule has 32 heavy (non-hydrogen) atoms. The minimum Gasteiger partial charge on any atom is -0.406 e. The van der Waals surface area contributed by atoms with Gasteiger partial charge in [-0.15, -0.1) is 5.10 Å². The number of hydrogen-bond donors (Lipinski definition) is 1. The van der Waals surface area contributed by atoms with E-state index in [0.29, 0.717) is 19.0 Å². The molecule has 2 fully saturated rings. The minimum absolute atomic E-state index is 0.0149. The molecule has 2 aliphatic rings. The Morgan fingerprint density at radius 3 is 2.50 bits per heavy atom. The fourth-order valence-corrected chi connectivity index (χ4v) is 5.36. The molecule has 1 N–H and O–H groups in total. The van der Waals surface area contributed by atoms with E-state index < -0.39 is 15.9 Å². The number of sulfonamides is 1. The van der Waals surface area contributed by atoms with Crippen LogP contribution in [0.5, 0.6) is 0 Å². The van der Waals surface area contributed by atoms with Crippen LogP contribution in [-0.4, -0.2) is 58.6 Å². The van der Waals surface area contributed by atoms with E-state index in [0.717, 1.165) is 17.7 Å². The average molecular weight is 462 g/mol. The minimum atomic E-state index is -3.61. The zero-order valence-electron chi connectivity index (χ0n) is 17.5. The topological polar surface area (TPSA) is 143 Å². The second-order valence-electron chi connectivity index (χ2n) is 7.96. The first-order chi connectivity index (χ1) is 15.2. The van der Waals surface area contributed by atoms with Gasteiger partial charge in [-0.2, -0.15) is 4.31 Å². The van der Waals surface area contributed by atoms with Gasteiger partial charge in [-0.1, -0.05) is 12.0 Å². The molecule has 2 aliphatic heterocycles. The molecule has 0 spiro atoms. The summed E-state index contributed by atoms with van der Waals surface area (Å²) in [5.74, 6) is -0.865. The smallest absolute Gasteiger partial charge is 0.322 e. The highest BCUT2D eigenvalue weighted by Gasteiger charge is 2.31. The van der Waals surface area contributed by atoms with Gasteiger partial charge in [-0.05, 0) is 43.0 Å². The summed E-state index contributed by atoms with van der Waals surface area (Å²) in [5.41, 5.74) is 0.209. The first kappa shape index (κ1) is 22.1. The quantitative estimate of drug-likeness (QED) is 0.636. The summed E-state index contributed by atoms with van der Waals surface area (Å²) >= 11 is 0. The van der Waals surface area contributed by atoms with Crippen LogP contribution in [0.2, 0.25) is 0 Å². The molecule has 170 valence electrons.